The van der Waals surface area contributed by atoms with E-state index in [9.17, 15) is 4.79 Å². The molecule has 1 aliphatic heterocycles. The molecule has 2 rings (SSSR count). The molecular weight excluding hydrogens is 204 g/mol. The number of rotatable bonds is 1. The van der Waals surface area contributed by atoms with Crippen LogP contribution in [0.3, 0.4) is 0 Å². The normalized spacial score (nSPS) is 21.7. The molecule has 1 aromatic rings. The molecule has 0 spiro atoms. The number of hydrogen-bond donors (Lipinski definition) is 1. The van der Waals surface area contributed by atoms with Crippen molar-refractivity contribution in [1.82, 2.24) is 10.2 Å². The van der Waals surface area contributed by atoms with E-state index >= 15 is 0 Å². The third-order valence-corrected chi connectivity index (χ3v) is 2.26. The average Bonchev–Trinajstić information content (AvgIpc) is 2.45. The smallest absolute Gasteiger partial charge is 0.228 e. The van der Waals surface area contributed by atoms with Crippen molar-refractivity contribution in [3.05, 3.63) is 17.4 Å². The van der Waals surface area contributed by atoms with Crippen molar-refractivity contribution in [3.8, 4) is 0 Å². The van der Waals surface area contributed by atoms with Gasteiger partial charge in [0, 0.05) is 25.1 Å². The average molecular weight is 213 g/mol. The molecule has 6 heteroatoms. The largest absolute Gasteiger partial charge is 0.326 e. The summed E-state index contributed by atoms with van der Waals surface area (Å²) in [6.45, 7) is 0.515. The van der Waals surface area contributed by atoms with Crippen molar-refractivity contribution < 1.29 is 4.79 Å². The fourth-order valence-corrected chi connectivity index (χ4v) is 1.62. The number of carbonyl (C=O) groups is 1. The highest BCUT2D eigenvalue weighted by molar-refractivity contribution is 6.29. The lowest BCUT2D eigenvalue weighted by molar-refractivity contribution is -0.117. The minimum atomic E-state index is -0.102. The minimum Gasteiger partial charge on any atom is -0.326 e. The maximum absolute atomic E-state index is 11.5. The number of carbonyl (C=O) groups excluding carboxylic acids is 1. The van der Waals surface area contributed by atoms with Crippen LogP contribution in [-0.4, -0.2) is 28.7 Å². The highest BCUT2D eigenvalue weighted by atomic mass is 35.5. The van der Waals surface area contributed by atoms with E-state index in [-0.39, 0.29) is 17.1 Å². The van der Waals surface area contributed by atoms with Gasteiger partial charge in [-0.15, -0.1) is 5.10 Å². The van der Waals surface area contributed by atoms with E-state index in [0.717, 1.165) is 0 Å². The summed E-state index contributed by atoms with van der Waals surface area (Å²) in [5, 5.41) is 7.55. The Morgan fingerprint density at radius 3 is 3.00 bits per heavy atom. The third-order valence-electron chi connectivity index (χ3n) is 2.08. The number of nitrogens with two attached hydrogens (primary N) is 1. The molecule has 5 nitrogen and oxygen atoms in total. The standard InChI is InChI=1S/C8H9ClN4O/c9-7-2-6(3-11-12-7)13-4-5(10)1-8(13)14/h2-3,5H,1,4,10H2. The molecule has 0 aromatic carbocycles. The predicted octanol–water partition coefficient (Wildman–Crippen LogP) is 0.194. The van der Waals surface area contributed by atoms with Crippen LogP contribution in [0, 0.1) is 0 Å². The van der Waals surface area contributed by atoms with Crippen molar-refractivity contribution in [2.24, 2.45) is 5.73 Å². The molecule has 0 aliphatic carbocycles. The van der Waals surface area contributed by atoms with E-state index in [1.807, 2.05) is 0 Å². The third kappa shape index (κ3) is 1.69. The lowest BCUT2D eigenvalue weighted by atomic mass is 10.3. The van der Waals surface area contributed by atoms with Crippen molar-refractivity contribution in [3.63, 3.8) is 0 Å². The zero-order valence-electron chi connectivity index (χ0n) is 7.35. The van der Waals surface area contributed by atoms with Gasteiger partial charge in [0.2, 0.25) is 5.91 Å². The summed E-state index contributed by atoms with van der Waals surface area (Å²) in [6, 6.07) is 1.50. The summed E-state index contributed by atoms with van der Waals surface area (Å²) < 4.78 is 0. The molecule has 1 saturated heterocycles. The topological polar surface area (TPSA) is 72.1 Å². The minimum absolute atomic E-state index is 0.00145. The lowest BCUT2D eigenvalue weighted by Gasteiger charge is -2.14. The Bertz CT molecular complexity index is 370. The van der Waals surface area contributed by atoms with Crippen LogP contribution >= 0.6 is 11.6 Å². The molecule has 1 aliphatic rings. The summed E-state index contributed by atoms with van der Waals surface area (Å²) in [5.41, 5.74) is 6.31. The van der Waals surface area contributed by atoms with Crippen LogP contribution in [0.25, 0.3) is 0 Å². The summed E-state index contributed by atoms with van der Waals surface area (Å²) in [4.78, 5) is 13.0. The summed E-state index contributed by atoms with van der Waals surface area (Å²) in [5.74, 6) is 0.00145. The Balaban J connectivity index is 2.27. The summed E-state index contributed by atoms with van der Waals surface area (Å²) >= 11 is 5.66. The Labute approximate surface area is 85.9 Å². The molecule has 0 bridgehead atoms. The fourth-order valence-electron chi connectivity index (χ4n) is 1.46. The van der Waals surface area contributed by atoms with Crippen LogP contribution in [-0.2, 0) is 4.79 Å². The van der Waals surface area contributed by atoms with Gasteiger partial charge in [0.25, 0.3) is 0 Å². The van der Waals surface area contributed by atoms with Gasteiger partial charge >= 0.3 is 0 Å². The number of aromatic nitrogens is 2. The second kappa shape index (κ2) is 3.51. The maximum Gasteiger partial charge on any atom is 0.228 e. The van der Waals surface area contributed by atoms with E-state index in [1.165, 1.54) is 6.20 Å². The molecule has 14 heavy (non-hydrogen) atoms. The van der Waals surface area contributed by atoms with E-state index in [0.29, 0.717) is 18.7 Å². The van der Waals surface area contributed by atoms with E-state index < -0.39 is 0 Å². The molecule has 0 radical (unpaired) electrons. The molecule has 1 atom stereocenters. The SMILES string of the molecule is NC1CC(=O)N(c2cnnc(Cl)c2)C1. The van der Waals surface area contributed by atoms with Crippen molar-refractivity contribution in [2.75, 3.05) is 11.4 Å². The summed E-state index contributed by atoms with van der Waals surface area (Å²) in [6.07, 6.45) is 1.88. The molecule has 2 heterocycles. The first-order valence-electron chi connectivity index (χ1n) is 4.21. The van der Waals surface area contributed by atoms with Crippen molar-refractivity contribution in [1.29, 1.82) is 0 Å². The quantitative estimate of drug-likeness (QED) is 0.722. The van der Waals surface area contributed by atoms with Crippen LogP contribution in [0.1, 0.15) is 6.42 Å². The molecule has 1 fully saturated rings. The Morgan fingerprint density at radius 1 is 1.64 bits per heavy atom. The van der Waals surface area contributed by atoms with Gasteiger partial charge in [-0.2, -0.15) is 5.10 Å². The molecule has 1 aromatic heterocycles. The van der Waals surface area contributed by atoms with E-state index in [1.54, 1.807) is 11.0 Å². The molecule has 2 N–H and O–H groups in total. The zero-order chi connectivity index (χ0) is 10.1. The van der Waals surface area contributed by atoms with Gasteiger partial charge in [-0.1, -0.05) is 11.6 Å². The molecular formula is C8H9ClN4O. The summed E-state index contributed by atoms with van der Waals surface area (Å²) in [7, 11) is 0. The van der Waals surface area contributed by atoms with Crippen LogP contribution in [0.2, 0.25) is 5.15 Å². The predicted molar refractivity (Wildman–Crippen MR) is 52.0 cm³/mol. The van der Waals surface area contributed by atoms with Gasteiger partial charge in [0.15, 0.2) is 5.15 Å². The van der Waals surface area contributed by atoms with Gasteiger partial charge in [0.1, 0.15) is 0 Å². The van der Waals surface area contributed by atoms with Crippen LogP contribution < -0.4 is 10.6 Å². The van der Waals surface area contributed by atoms with Gasteiger partial charge in [-0.25, -0.2) is 0 Å². The molecule has 0 saturated carbocycles. The first kappa shape index (κ1) is 9.36. The fraction of sp³-hybridized carbons (Fsp3) is 0.375. The number of nitrogens with zero attached hydrogens (tertiary/aromatic N) is 3. The first-order valence-corrected chi connectivity index (χ1v) is 4.59. The first-order chi connectivity index (χ1) is 6.66. The highest BCUT2D eigenvalue weighted by Crippen LogP contribution is 2.21. The Morgan fingerprint density at radius 2 is 2.43 bits per heavy atom. The lowest BCUT2D eigenvalue weighted by Crippen LogP contribution is -2.28. The Kier molecular flexibility index (Phi) is 2.35. The van der Waals surface area contributed by atoms with Crippen LogP contribution in [0.4, 0.5) is 5.69 Å². The van der Waals surface area contributed by atoms with E-state index in [2.05, 4.69) is 10.2 Å². The maximum atomic E-state index is 11.5. The van der Waals surface area contributed by atoms with Gasteiger partial charge < -0.3 is 10.6 Å². The molecule has 74 valence electrons. The second-order valence-corrected chi connectivity index (χ2v) is 3.59. The van der Waals surface area contributed by atoms with Gasteiger partial charge in [-0.3, -0.25) is 4.79 Å². The second-order valence-electron chi connectivity index (χ2n) is 3.21. The van der Waals surface area contributed by atoms with Crippen LogP contribution in [0.5, 0.6) is 0 Å². The monoisotopic (exact) mass is 212 g/mol. The zero-order valence-corrected chi connectivity index (χ0v) is 8.11. The van der Waals surface area contributed by atoms with Gasteiger partial charge in [-0.05, 0) is 0 Å². The van der Waals surface area contributed by atoms with E-state index in [4.69, 9.17) is 17.3 Å². The Hall–Kier alpha value is -1.20. The van der Waals surface area contributed by atoms with Crippen molar-refractivity contribution in [2.45, 2.75) is 12.5 Å². The number of anilines is 1. The highest BCUT2D eigenvalue weighted by Gasteiger charge is 2.28. The number of hydrogen-bond acceptors (Lipinski definition) is 4. The number of amides is 1. The molecule has 1 amide bonds. The van der Waals surface area contributed by atoms with Crippen LogP contribution in [0.15, 0.2) is 12.3 Å². The van der Waals surface area contributed by atoms with Gasteiger partial charge in [0.05, 0.1) is 11.9 Å². The van der Waals surface area contributed by atoms with Crippen molar-refractivity contribution >= 4 is 23.2 Å². The molecule has 1 unspecified atom stereocenters. The number of halogens is 1.